The number of nitrogens with one attached hydrogen (secondary N) is 1. The Morgan fingerprint density at radius 2 is 2.05 bits per heavy atom. The van der Waals surface area contributed by atoms with Crippen LogP contribution in [-0.2, 0) is 0 Å². The van der Waals surface area contributed by atoms with Crippen LogP contribution in [0.1, 0.15) is 49.9 Å². The van der Waals surface area contributed by atoms with E-state index in [-0.39, 0.29) is 16.5 Å². The fourth-order valence-corrected chi connectivity index (χ4v) is 3.29. The van der Waals surface area contributed by atoms with E-state index in [0.29, 0.717) is 11.5 Å². The van der Waals surface area contributed by atoms with Gasteiger partial charge in [-0.15, -0.1) is 0 Å². The van der Waals surface area contributed by atoms with Crippen LogP contribution in [0.2, 0.25) is 5.02 Å². The van der Waals surface area contributed by atoms with Crippen molar-refractivity contribution < 1.29 is 9.18 Å². The third-order valence-corrected chi connectivity index (χ3v) is 4.90. The normalized spacial score (nSPS) is 17.7. The van der Waals surface area contributed by atoms with Crippen molar-refractivity contribution in [2.24, 2.45) is 11.3 Å². The van der Waals surface area contributed by atoms with Crippen LogP contribution in [0.25, 0.3) is 0 Å². The molecule has 2 rings (SSSR count). The van der Waals surface area contributed by atoms with E-state index in [4.69, 9.17) is 17.3 Å². The van der Waals surface area contributed by atoms with Crippen LogP contribution in [0.4, 0.5) is 10.1 Å². The number of hydrogen-bond donors (Lipinski definition) is 2. The molecule has 1 aliphatic rings. The van der Waals surface area contributed by atoms with Crippen molar-refractivity contribution in [2.45, 2.75) is 39.5 Å². The molecule has 0 unspecified atom stereocenters. The number of rotatable bonds is 5. The molecule has 5 heteroatoms. The Bertz CT molecular complexity index is 531. The summed E-state index contributed by atoms with van der Waals surface area (Å²) in [6, 6.07) is 2.73. The van der Waals surface area contributed by atoms with Crippen molar-refractivity contribution in [3.8, 4) is 0 Å². The number of carbonyl (C=O) groups excluding carboxylic acids is 1. The second kappa shape index (κ2) is 6.97. The van der Waals surface area contributed by atoms with Gasteiger partial charge in [0.2, 0.25) is 0 Å². The standard InChI is InChI=1S/C17H24ClFN2O/c1-11(2)3-4-17(5-7-21-8-6-17)16(22)12-9-13(18)15(20)14(19)10-12/h9-11,21H,3-8,20H2,1-2H3. The largest absolute Gasteiger partial charge is 0.395 e. The maximum atomic E-state index is 13.8. The molecule has 1 aromatic rings. The fraction of sp³-hybridized carbons (Fsp3) is 0.588. The molecule has 3 nitrogen and oxygen atoms in total. The molecule has 0 bridgehead atoms. The molecule has 1 saturated heterocycles. The fourth-order valence-electron chi connectivity index (χ4n) is 3.08. The number of piperidine rings is 1. The summed E-state index contributed by atoms with van der Waals surface area (Å²) in [5.74, 6) is -0.0921. The summed E-state index contributed by atoms with van der Waals surface area (Å²) in [6.07, 6.45) is 3.37. The van der Waals surface area contributed by atoms with E-state index in [0.717, 1.165) is 38.8 Å². The number of hydrogen-bond acceptors (Lipinski definition) is 3. The van der Waals surface area contributed by atoms with Crippen LogP contribution in [0.15, 0.2) is 12.1 Å². The molecular weight excluding hydrogens is 303 g/mol. The Morgan fingerprint density at radius 1 is 1.41 bits per heavy atom. The first-order valence-corrected chi connectivity index (χ1v) is 8.23. The zero-order valence-electron chi connectivity index (χ0n) is 13.2. The first-order valence-electron chi connectivity index (χ1n) is 7.86. The molecular formula is C17H24ClFN2O. The topological polar surface area (TPSA) is 55.1 Å². The van der Waals surface area contributed by atoms with Gasteiger partial charge in [0.1, 0.15) is 5.82 Å². The lowest BCUT2D eigenvalue weighted by molar-refractivity contribution is 0.0692. The van der Waals surface area contributed by atoms with E-state index in [9.17, 15) is 9.18 Å². The Balaban J connectivity index is 2.32. The highest BCUT2D eigenvalue weighted by atomic mass is 35.5. The molecule has 0 amide bonds. The second-order valence-electron chi connectivity index (χ2n) is 6.65. The summed E-state index contributed by atoms with van der Waals surface area (Å²) >= 11 is 5.95. The van der Waals surface area contributed by atoms with Gasteiger partial charge in [0.25, 0.3) is 0 Å². The van der Waals surface area contributed by atoms with Gasteiger partial charge in [0.15, 0.2) is 5.78 Å². The quantitative estimate of drug-likeness (QED) is 0.634. The average Bonchev–Trinajstić information content (AvgIpc) is 2.50. The Kier molecular flexibility index (Phi) is 5.45. The van der Waals surface area contributed by atoms with E-state index in [1.807, 2.05) is 0 Å². The number of nitrogens with two attached hydrogens (primary N) is 1. The molecule has 0 aliphatic carbocycles. The van der Waals surface area contributed by atoms with Gasteiger partial charge in [-0.1, -0.05) is 31.9 Å². The van der Waals surface area contributed by atoms with Gasteiger partial charge in [-0.25, -0.2) is 4.39 Å². The molecule has 22 heavy (non-hydrogen) atoms. The summed E-state index contributed by atoms with van der Waals surface area (Å²) in [6.45, 7) is 5.93. The van der Waals surface area contributed by atoms with Gasteiger partial charge in [0, 0.05) is 11.0 Å². The van der Waals surface area contributed by atoms with Crippen molar-refractivity contribution in [3.05, 3.63) is 28.5 Å². The maximum absolute atomic E-state index is 13.8. The number of Topliss-reactive ketones (excluding diaryl/α,β-unsaturated/α-hetero) is 1. The molecule has 1 heterocycles. The van der Waals surface area contributed by atoms with Crippen LogP contribution in [0.3, 0.4) is 0 Å². The summed E-state index contributed by atoms with van der Waals surface area (Å²) < 4.78 is 13.8. The molecule has 3 N–H and O–H groups in total. The number of carbonyl (C=O) groups is 1. The highest BCUT2D eigenvalue weighted by Crippen LogP contribution is 2.39. The van der Waals surface area contributed by atoms with Crippen molar-refractivity contribution in [1.29, 1.82) is 0 Å². The van der Waals surface area contributed by atoms with Crippen LogP contribution in [0, 0.1) is 17.2 Å². The lowest BCUT2D eigenvalue weighted by atomic mass is 9.69. The number of ketones is 1. The van der Waals surface area contributed by atoms with E-state index < -0.39 is 11.2 Å². The van der Waals surface area contributed by atoms with Gasteiger partial charge in [0.05, 0.1) is 10.7 Å². The first kappa shape index (κ1) is 17.2. The van der Waals surface area contributed by atoms with E-state index in [1.54, 1.807) is 0 Å². The molecule has 0 spiro atoms. The van der Waals surface area contributed by atoms with Crippen molar-refractivity contribution in [1.82, 2.24) is 5.32 Å². The lowest BCUT2D eigenvalue weighted by Crippen LogP contribution is -2.42. The summed E-state index contributed by atoms with van der Waals surface area (Å²) in [4.78, 5) is 13.1. The SMILES string of the molecule is CC(C)CCC1(C(=O)c2cc(F)c(N)c(Cl)c2)CCNCC1. The molecule has 0 saturated carbocycles. The summed E-state index contributed by atoms with van der Waals surface area (Å²) in [5.41, 5.74) is 5.36. The van der Waals surface area contributed by atoms with Crippen molar-refractivity contribution in [3.63, 3.8) is 0 Å². The zero-order chi connectivity index (χ0) is 16.3. The Morgan fingerprint density at radius 3 is 2.59 bits per heavy atom. The molecule has 0 radical (unpaired) electrons. The third-order valence-electron chi connectivity index (χ3n) is 4.58. The predicted octanol–water partition coefficient (Wildman–Crippen LogP) is 4.05. The van der Waals surface area contributed by atoms with E-state index >= 15 is 0 Å². The highest BCUT2D eigenvalue weighted by molar-refractivity contribution is 6.33. The van der Waals surface area contributed by atoms with Crippen LogP contribution in [-0.4, -0.2) is 18.9 Å². The lowest BCUT2D eigenvalue weighted by Gasteiger charge is -2.37. The summed E-state index contributed by atoms with van der Waals surface area (Å²) in [7, 11) is 0. The van der Waals surface area contributed by atoms with Crippen molar-refractivity contribution in [2.75, 3.05) is 18.8 Å². The minimum atomic E-state index is -0.621. The third kappa shape index (κ3) is 3.61. The van der Waals surface area contributed by atoms with E-state index in [2.05, 4.69) is 19.2 Å². The highest BCUT2D eigenvalue weighted by Gasteiger charge is 2.39. The van der Waals surface area contributed by atoms with Gasteiger partial charge in [-0.05, 0) is 50.4 Å². The Labute approximate surface area is 136 Å². The first-order chi connectivity index (χ1) is 10.4. The number of anilines is 1. The van der Waals surface area contributed by atoms with Gasteiger partial charge in [-0.2, -0.15) is 0 Å². The molecule has 0 aromatic heterocycles. The summed E-state index contributed by atoms with van der Waals surface area (Å²) in [5, 5.41) is 3.40. The number of halogens is 2. The van der Waals surface area contributed by atoms with Gasteiger partial charge in [-0.3, -0.25) is 4.79 Å². The monoisotopic (exact) mass is 326 g/mol. The molecule has 122 valence electrons. The maximum Gasteiger partial charge on any atom is 0.169 e. The number of benzene rings is 1. The average molecular weight is 327 g/mol. The Hall–Kier alpha value is -1.13. The molecule has 1 aromatic carbocycles. The van der Waals surface area contributed by atoms with Crippen LogP contribution >= 0.6 is 11.6 Å². The minimum absolute atomic E-state index is 0.00421. The number of nitrogen functional groups attached to an aromatic ring is 1. The van der Waals surface area contributed by atoms with Crippen LogP contribution < -0.4 is 11.1 Å². The smallest absolute Gasteiger partial charge is 0.169 e. The zero-order valence-corrected chi connectivity index (χ0v) is 14.0. The van der Waals surface area contributed by atoms with Crippen molar-refractivity contribution >= 4 is 23.1 Å². The van der Waals surface area contributed by atoms with Gasteiger partial charge >= 0.3 is 0 Å². The van der Waals surface area contributed by atoms with E-state index in [1.165, 1.54) is 12.1 Å². The molecule has 0 atom stereocenters. The minimum Gasteiger partial charge on any atom is -0.395 e. The molecule has 1 aliphatic heterocycles. The molecule has 1 fully saturated rings. The van der Waals surface area contributed by atoms with Gasteiger partial charge < -0.3 is 11.1 Å². The van der Waals surface area contributed by atoms with Crippen LogP contribution in [0.5, 0.6) is 0 Å². The second-order valence-corrected chi connectivity index (χ2v) is 7.05. The predicted molar refractivity (Wildman–Crippen MR) is 88.8 cm³/mol.